The van der Waals surface area contributed by atoms with Gasteiger partial charge in [-0.05, 0) is 13.8 Å². The predicted octanol–water partition coefficient (Wildman–Crippen LogP) is 2.98. The van der Waals surface area contributed by atoms with Crippen molar-refractivity contribution >= 4 is 5.82 Å². The predicted molar refractivity (Wildman–Crippen MR) is 80.6 cm³/mol. The number of hydrogen-bond donors (Lipinski definition) is 1. The zero-order valence-corrected chi connectivity index (χ0v) is 11.8. The molecule has 1 aromatic heterocycles. The monoisotopic (exact) mass is 267 g/mol. The van der Waals surface area contributed by atoms with Crippen molar-refractivity contribution in [1.82, 2.24) is 9.97 Å². The second kappa shape index (κ2) is 5.62. The molecule has 0 aliphatic rings. The van der Waals surface area contributed by atoms with Crippen LogP contribution in [0.4, 0.5) is 5.82 Å². The number of benzene rings is 1. The van der Waals surface area contributed by atoms with E-state index in [-0.39, 0.29) is 0 Å². The standard InChI is InChI=1S/C16H17N3O/c1-5-16(2,3)20-14-11-13(17-4)18-15(19-14)12-9-7-6-8-10-12/h1,6-11H,2-4H3,(H,17,18,19). The van der Waals surface area contributed by atoms with Crippen LogP contribution in [0.3, 0.4) is 0 Å². The molecule has 20 heavy (non-hydrogen) atoms. The lowest BCUT2D eigenvalue weighted by atomic mass is 10.1. The number of nitrogens with zero attached hydrogens (tertiary/aromatic N) is 2. The molecule has 0 fully saturated rings. The maximum Gasteiger partial charge on any atom is 0.220 e. The number of anilines is 1. The number of nitrogens with one attached hydrogen (secondary N) is 1. The highest BCUT2D eigenvalue weighted by atomic mass is 16.5. The van der Waals surface area contributed by atoms with Crippen molar-refractivity contribution in [1.29, 1.82) is 0 Å². The highest BCUT2D eigenvalue weighted by Crippen LogP contribution is 2.23. The largest absolute Gasteiger partial charge is 0.458 e. The van der Waals surface area contributed by atoms with E-state index in [9.17, 15) is 0 Å². The zero-order chi connectivity index (χ0) is 14.6. The Morgan fingerprint density at radius 2 is 1.90 bits per heavy atom. The number of ether oxygens (including phenoxy) is 1. The molecule has 0 amide bonds. The summed E-state index contributed by atoms with van der Waals surface area (Å²) in [7, 11) is 1.80. The van der Waals surface area contributed by atoms with Gasteiger partial charge in [0.1, 0.15) is 5.82 Å². The van der Waals surface area contributed by atoms with Gasteiger partial charge >= 0.3 is 0 Å². The van der Waals surface area contributed by atoms with Crippen molar-refractivity contribution in [3.05, 3.63) is 36.4 Å². The van der Waals surface area contributed by atoms with Crippen LogP contribution in [0, 0.1) is 12.3 Å². The number of aromatic nitrogens is 2. The summed E-state index contributed by atoms with van der Waals surface area (Å²) in [5.41, 5.74) is 0.209. The molecule has 2 rings (SSSR count). The highest BCUT2D eigenvalue weighted by molar-refractivity contribution is 5.58. The van der Waals surface area contributed by atoms with E-state index in [4.69, 9.17) is 11.2 Å². The Morgan fingerprint density at radius 1 is 1.20 bits per heavy atom. The lowest BCUT2D eigenvalue weighted by Crippen LogP contribution is -2.26. The lowest BCUT2D eigenvalue weighted by molar-refractivity contribution is 0.165. The molecule has 0 spiro atoms. The van der Waals surface area contributed by atoms with Gasteiger partial charge in [0, 0.05) is 18.7 Å². The van der Waals surface area contributed by atoms with Gasteiger partial charge in [-0.2, -0.15) is 4.98 Å². The van der Waals surface area contributed by atoms with Gasteiger partial charge in [-0.3, -0.25) is 0 Å². The third-order valence-corrected chi connectivity index (χ3v) is 2.70. The first kappa shape index (κ1) is 13.9. The summed E-state index contributed by atoms with van der Waals surface area (Å²) in [5, 5.41) is 3.00. The Kier molecular flexibility index (Phi) is 3.90. The molecule has 4 nitrogen and oxygen atoms in total. The molecule has 2 aromatic rings. The van der Waals surface area contributed by atoms with E-state index in [1.165, 1.54) is 0 Å². The van der Waals surface area contributed by atoms with E-state index in [0.717, 1.165) is 5.56 Å². The van der Waals surface area contributed by atoms with Crippen LogP contribution in [-0.4, -0.2) is 22.6 Å². The SMILES string of the molecule is C#CC(C)(C)Oc1cc(NC)nc(-c2ccccc2)n1. The molecule has 0 unspecified atom stereocenters. The van der Waals surface area contributed by atoms with Gasteiger partial charge in [-0.1, -0.05) is 36.3 Å². The van der Waals surface area contributed by atoms with E-state index >= 15 is 0 Å². The third-order valence-electron chi connectivity index (χ3n) is 2.70. The average molecular weight is 267 g/mol. The maximum atomic E-state index is 5.73. The molecule has 0 saturated carbocycles. The van der Waals surface area contributed by atoms with Crippen LogP contribution in [-0.2, 0) is 0 Å². The molecule has 102 valence electrons. The highest BCUT2D eigenvalue weighted by Gasteiger charge is 2.18. The van der Waals surface area contributed by atoms with Gasteiger partial charge in [-0.15, -0.1) is 6.42 Å². The van der Waals surface area contributed by atoms with E-state index in [2.05, 4.69) is 21.2 Å². The quantitative estimate of drug-likeness (QED) is 0.865. The van der Waals surface area contributed by atoms with Gasteiger partial charge in [0.05, 0.1) is 0 Å². The molecular weight excluding hydrogens is 250 g/mol. The van der Waals surface area contributed by atoms with Gasteiger partial charge in [0.2, 0.25) is 5.88 Å². The first-order valence-electron chi connectivity index (χ1n) is 6.33. The minimum absolute atomic E-state index is 0.450. The van der Waals surface area contributed by atoms with Crippen LogP contribution in [0.2, 0.25) is 0 Å². The van der Waals surface area contributed by atoms with Gasteiger partial charge in [0.25, 0.3) is 0 Å². The second-order valence-corrected chi connectivity index (χ2v) is 4.79. The van der Waals surface area contributed by atoms with Crippen LogP contribution in [0.15, 0.2) is 36.4 Å². The van der Waals surface area contributed by atoms with E-state index in [1.54, 1.807) is 13.1 Å². The summed E-state index contributed by atoms with van der Waals surface area (Å²) in [5.74, 6) is 4.31. The Bertz CT molecular complexity index is 630. The maximum absolute atomic E-state index is 5.73. The summed E-state index contributed by atoms with van der Waals surface area (Å²) < 4.78 is 5.73. The summed E-state index contributed by atoms with van der Waals surface area (Å²) in [6.07, 6.45) is 5.44. The van der Waals surface area contributed by atoms with Gasteiger partial charge in [0.15, 0.2) is 11.4 Å². The molecule has 0 radical (unpaired) electrons. The molecule has 0 aliphatic heterocycles. The first-order valence-corrected chi connectivity index (χ1v) is 6.33. The molecule has 0 aliphatic carbocycles. The molecule has 0 saturated heterocycles. The number of hydrogen-bond acceptors (Lipinski definition) is 4. The molecule has 4 heteroatoms. The summed E-state index contributed by atoms with van der Waals surface area (Å²) >= 11 is 0. The number of rotatable bonds is 4. The molecule has 0 atom stereocenters. The van der Waals surface area contributed by atoms with E-state index in [0.29, 0.717) is 17.5 Å². The normalized spacial score (nSPS) is 10.7. The molecule has 1 aromatic carbocycles. The Balaban J connectivity index is 2.43. The topological polar surface area (TPSA) is 47.0 Å². The van der Waals surface area contributed by atoms with Crippen molar-refractivity contribution in [2.24, 2.45) is 0 Å². The van der Waals surface area contributed by atoms with Crippen molar-refractivity contribution in [3.63, 3.8) is 0 Å². The van der Waals surface area contributed by atoms with Crippen LogP contribution < -0.4 is 10.1 Å². The Morgan fingerprint density at radius 3 is 2.50 bits per heavy atom. The van der Waals surface area contributed by atoms with Crippen molar-refractivity contribution in [3.8, 4) is 29.6 Å². The van der Waals surface area contributed by atoms with Crippen molar-refractivity contribution in [2.75, 3.05) is 12.4 Å². The molecular formula is C16H17N3O. The molecule has 1 N–H and O–H groups in total. The van der Waals surface area contributed by atoms with Crippen molar-refractivity contribution in [2.45, 2.75) is 19.4 Å². The number of terminal acetylenes is 1. The smallest absolute Gasteiger partial charge is 0.220 e. The van der Waals surface area contributed by atoms with Gasteiger partial charge < -0.3 is 10.1 Å². The lowest BCUT2D eigenvalue weighted by Gasteiger charge is -2.20. The summed E-state index contributed by atoms with van der Waals surface area (Å²) in [4.78, 5) is 8.84. The zero-order valence-electron chi connectivity index (χ0n) is 11.8. The first-order chi connectivity index (χ1) is 9.54. The minimum Gasteiger partial charge on any atom is -0.458 e. The molecule has 1 heterocycles. The van der Waals surface area contributed by atoms with Crippen LogP contribution >= 0.6 is 0 Å². The minimum atomic E-state index is -0.715. The van der Waals surface area contributed by atoms with Crippen LogP contribution in [0.5, 0.6) is 5.88 Å². The average Bonchev–Trinajstić information content (AvgIpc) is 2.47. The second-order valence-electron chi connectivity index (χ2n) is 4.79. The summed E-state index contributed by atoms with van der Waals surface area (Å²) in [6.45, 7) is 3.63. The van der Waals surface area contributed by atoms with Gasteiger partial charge in [-0.25, -0.2) is 4.98 Å². The fourth-order valence-electron chi connectivity index (χ4n) is 1.61. The van der Waals surface area contributed by atoms with E-state index in [1.807, 2.05) is 44.2 Å². The Labute approximate surface area is 119 Å². The van der Waals surface area contributed by atoms with Crippen molar-refractivity contribution < 1.29 is 4.74 Å². The Hall–Kier alpha value is -2.54. The fourth-order valence-corrected chi connectivity index (χ4v) is 1.61. The third kappa shape index (κ3) is 3.27. The fraction of sp³-hybridized carbons (Fsp3) is 0.250. The van der Waals surface area contributed by atoms with E-state index < -0.39 is 5.60 Å². The molecule has 0 bridgehead atoms. The summed E-state index contributed by atoms with van der Waals surface area (Å²) in [6, 6.07) is 11.5. The van der Waals surface area contributed by atoms with Crippen LogP contribution in [0.1, 0.15) is 13.8 Å². The van der Waals surface area contributed by atoms with Crippen LogP contribution in [0.25, 0.3) is 11.4 Å².